The SMILES string of the molecule is CCCCCCCCCCCCC(=O)[O-].C[N+](C1CCCC1)(C1CCCC1)C1CCCC1. The summed E-state index contributed by atoms with van der Waals surface area (Å²) in [7, 11) is 2.65. The molecule has 0 N–H and O–H groups in total. The maximum Gasteiger partial charge on any atom is 0.0892 e. The fourth-order valence-corrected chi connectivity index (χ4v) is 7.03. The summed E-state index contributed by atoms with van der Waals surface area (Å²) in [4.78, 5) is 10.1. The van der Waals surface area contributed by atoms with Gasteiger partial charge in [-0.1, -0.05) is 64.7 Å². The van der Waals surface area contributed by atoms with Gasteiger partial charge in [-0.3, -0.25) is 0 Å². The van der Waals surface area contributed by atoms with Gasteiger partial charge in [0, 0.05) is 5.97 Å². The lowest BCUT2D eigenvalue weighted by Crippen LogP contribution is -2.62. The summed E-state index contributed by atoms with van der Waals surface area (Å²) < 4.78 is 1.50. The molecule has 3 aliphatic rings. The summed E-state index contributed by atoms with van der Waals surface area (Å²) >= 11 is 0. The first-order chi connectivity index (χ1) is 15.6. The monoisotopic (exact) mass is 449 g/mol. The molecule has 0 bridgehead atoms. The number of hydrogen-bond donors (Lipinski definition) is 0. The Morgan fingerprint density at radius 1 is 0.625 bits per heavy atom. The third-order valence-electron chi connectivity index (χ3n) is 9.07. The summed E-state index contributed by atoms with van der Waals surface area (Å²) in [5, 5.41) is 10.1. The topological polar surface area (TPSA) is 40.1 Å². The Morgan fingerprint density at radius 3 is 1.25 bits per heavy atom. The molecule has 0 saturated heterocycles. The molecule has 3 aliphatic carbocycles. The molecule has 0 atom stereocenters. The van der Waals surface area contributed by atoms with Crippen LogP contribution in [-0.2, 0) is 4.79 Å². The smallest absolute Gasteiger partial charge is 0.0892 e. The van der Waals surface area contributed by atoms with Crippen LogP contribution in [0.3, 0.4) is 0 Å². The molecule has 0 spiro atoms. The number of rotatable bonds is 14. The molecule has 3 fully saturated rings. The van der Waals surface area contributed by atoms with Crippen LogP contribution >= 0.6 is 0 Å². The molecule has 3 rings (SSSR count). The lowest BCUT2D eigenvalue weighted by Gasteiger charge is -2.49. The highest BCUT2D eigenvalue weighted by Crippen LogP contribution is 2.43. The van der Waals surface area contributed by atoms with Gasteiger partial charge < -0.3 is 14.4 Å². The zero-order valence-electron chi connectivity index (χ0n) is 21.8. The molecule has 3 nitrogen and oxygen atoms in total. The van der Waals surface area contributed by atoms with Gasteiger partial charge >= 0.3 is 0 Å². The van der Waals surface area contributed by atoms with Gasteiger partial charge in [0.1, 0.15) is 0 Å². The van der Waals surface area contributed by atoms with Crippen LogP contribution in [0, 0.1) is 0 Å². The van der Waals surface area contributed by atoms with E-state index in [0.717, 1.165) is 31.0 Å². The van der Waals surface area contributed by atoms with Crippen molar-refractivity contribution in [3.05, 3.63) is 0 Å². The summed E-state index contributed by atoms with van der Waals surface area (Å²) in [5.41, 5.74) is 0. The van der Waals surface area contributed by atoms with Gasteiger partial charge in [-0.05, 0) is 89.9 Å². The number of carboxylic acids is 1. The van der Waals surface area contributed by atoms with Crippen molar-refractivity contribution in [3.8, 4) is 0 Å². The van der Waals surface area contributed by atoms with Crippen molar-refractivity contribution in [2.24, 2.45) is 0 Å². The molecule has 0 heterocycles. The molecule has 188 valence electrons. The van der Waals surface area contributed by atoms with E-state index >= 15 is 0 Å². The van der Waals surface area contributed by atoms with E-state index in [1.165, 1.54) is 133 Å². The largest absolute Gasteiger partial charge is 0.550 e. The molecule has 0 radical (unpaired) electrons. The number of carboxylic acid groups (broad SMARTS) is 1. The Hall–Kier alpha value is -0.570. The average Bonchev–Trinajstić information content (AvgIpc) is 3.58. The molecule has 3 heteroatoms. The lowest BCUT2D eigenvalue weighted by molar-refractivity contribution is -0.976. The highest BCUT2D eigenvalue weighted by Gasteiger charge is 2.48. The number of unbranched alkanes of at least 4 members (excludes halogenated alkanes) is 9. The van der Waals surface area contributed by atoms with Crippen LogP contribution in [0.4, 0.5) is 0 Å². The summed E-state index contributed by atoms with van der Waals surface area (Å²) in [6.07, 6.45) is 30.9. The van der Waals surface area contributed by atoms with E-state index in [9.17, 15) is 9.90 Å². The predicted octanol–water partition coefficient (Wildman–Crippen LogP) is 7.31. The van der Waals surface area contributed by atoms with Gasteiger partial charge in [0.2, 0.25) is 0 Å². The van der Waals surface area contributed by atoms with Crippen LogP contribution in [-0.4, -0.2) is 35.6 Å². The van der Waals surface area contributed by atoms with Gasteiger partial charge in [-0.15, -0.1) is 0 Å². The molecular formula is C29H55NO2. The minimum Gasteiger partial charge on any atom is -0.550 e. The molecule has 0 amide bonds. The average molecular weight is 450 g/mol. The number of aliphatic carboxylic acids is 1. The van der Waals surface area contributed by atoms with E-state index in [2.05, 4.69) is 14.0 Å². The van der Waals surface area contributed by atoms with Gasteiger partial charge in [0.05, 0.1) is 25.2 Å². The molecule has 0 aliphatic heterocycles. The highest BCUT2D eigenvalue weighted by molar-refractivity contribution is 5.64. The minimum absolute atomic E-state index is 0.233. The Balaban J connectivity index is 0.000000230. The molecule has 0 unspecified atom stereocenters. The second-order valence-corrected chi connectivity index (χ2v) is 11.3. The zero-order chi connectivity index (χ0) is 23.1. The fraction of sp³-hybridized carbons (Fsp3) is 0.966. The van der Waals surface area contributed by atoms with Crippen molar-refractivity contribution in [2.45, 2.75) is 173 Å². The molecule has 3 saturated carbocycles. The molecule has 0 aromatic heterocycles. The van der Waals surface area contributed by atoms with Gasteiger partial charge in [-0.25, -0.2) is 0 Å². The molecular weight excluding hydrogens is 394 g/mol. The Kier molecular flexibility index (Phi) is 13.9. The summed E-state index contributed by atoms with van der Waals surface area (Å²) in [5.74, 6) is -0.908. The van der Waals surface area contributed by atoms with Crippen LogP contribution in [0.25, 0.3) is 0 Å². The van der Waals surface area contributed by atoms with Crippen molar-refractivity contribution < 1.29 is 14.4 Å². The van der Waals surface area contributed by atoms with Gasteiger partial charge in [0.25, 0.3) is 0 Å². The van der Waals surface area contributed by atoms with Crippen molar-refractivity contribution in [1.82, 2.24) is 0 Å². The fourth-order valence-electron chi connectivity index (χ4n) is 7.03. The van der Waals surface area contributed by atoms with Crippen molar-refractivity contribution in [3.63, 3.8) is 0 Å². The zero-order valence-corrected chi connectivity index (χ0v) is 21.8. The van der Waals surface area contributed by atoms with E-state index in [4.69, 9.17) is 0 Å². The first-order valence-corrected chi connectivity index (χ1v) is 14.6. The molecule has 0 aromatic carbocycles. The number of hydrogen-bond acceptors (Lipinski definition) is 2. The number of nitrogens with zero attached hydrogens (tertiary/aromatic N) is 1. The van der Waals surface area contributed by atoms with Crippen LogP contribution in [0.15, 0.2) is 0 Å². The maximum atomic E-state index is 10.1. The quantitative estimate of drug-likeness (QED) is 0.206. The van der Waals surface area contributed by atoms with Crippen LogP contribution in [0.5, 0.6) is 0 Å². The number of quaternary nitrogens is 1. The lowest BCUT2D eigenvalue weighted by atomic mass is 9.98. The van der Waals surface area contributed by atoms with E-state index in [1.807, 2.05) is 0 Å². The third kappa shape index (κ3) is 9.35. The first kappa shape index (κ1) is 27.7. The van der Waals surface area contributed by atoms with Crippen LogP contribution < -0.4 is 5.11 Å². The van der Waals surface area contributed by atoms with E-state index in [-0.39, 0.29) is 6.42 Å². The van der Waals surface area contributed by atoms with Gasteiger partial charge in [-0.2, -0.15) is 0 Å². The second-order valence-electron chi connectivity index (χ2n) is 11.3. The summed E-state index contributed by atoms with van der Waals surface area (Å²) in [6, 6.07) is 3.09. The van der Waals surface area contributed by atoms with Crippen LogP contribution in [0.2, 0.25) is 0 Å². The number of carbonyl (C=O) groups is 1. The van der Waals surface area contributed by atoms with Crippen LogP contribution in [0.1, 0.15) is 155 Å². The molecule has 0 aromatic rings. The molecule has 32 heavy (non-hydrogen) atoms. The highest BCUT2D eigenvalue weighted by atomic mass is 16.4. The van der Waals surface area contributed by atoms with Gasteiger partial charge in [0.15, 0.2) is 0 Å². The maximum absolute atomic E-state index is 10.1. The third-order valence-corrected chi connectivity index (χ3v) is 9.07. The second kappa shape index (κ2) is 16.1. The number of carbonyl (C=O) groups excluding carboxylic acids is 1. The van der Waals surface area contributed by atoms with Crippen molar-refractivity contribution in [1.29, 1.82) is 0 Å². The first-order valence-electron chi connectivity index (χ1n) is 14.6. The van der Waals surface area contributed by atoms with E-state index in [1.54, 1.807) is 0 Å². The standard InChI is InChI=1S/C16H30N.C13H26O2/c1-17(14-8-2-3-9-14,15-10-4-5-11-15)16-12-6-7-13-16;1-2-3-4-5-6-7-8-9-10-11-12-13(14)15/h14-16H,2-13H2,1H3;2-12H2,1H3,(H,14,15)/q+1;/p-1. The Labute approximate surface area is 200 Å². The Morgan fingerprint density at radius 2 is 0.938 bits per heavy atom. The van der Waals surface area contributed by atoms with E-state index in [0.29, 0.717) is 0 Å². The predicted molar refractivity (Wildman–Crippen MR) is 134 cm³/mol. The minimum atomic E-state index is -0.908. The summed E-state index contributed by atoms with van der Waals surface area (Å²) in [6.45, 7) is 2.23. The van der Waals surface area contributed by atoms with Crippen molar-refractivity contribution >= 4 is 5.97 Å². The normalized spacial score (nSPS) is 20.6. The van der Waals surface area contributed by atoms with E-state index < -0.39 is 5.97 Å². The van der Waals surface area contributed by atoms with Crippen molar-refractivity contribution in [2.75, 3.05) is 7.05 Å². The Bertz CT molecular complexity index is 433.